The highest BCUT2D eigenvalue weighted by atomic mass is 35.5. The first-order valence-corrected chi connectivity index (χ1v) is 9.10. The van der Waals surface area contributed by atoms with Crippen molar-refractivity contribution in [3.8, 4) is 0 Å². The molecule has 0 radical (unpaired) electrons. The predicted octanol–water partition coefficient (Wildman–Crippen LogP) is 2.53. The Labute approximate surface area is 165 Å². The predicted molar refractivity (Wildman–Crippen MR) is 98.0 cm³/mol. The zero-order valence-electron chi connectivity index (χ0n) is 14.8. The second kappa shape index (κ2) is 8.85. The van der Waals surface area contributed by atoms with E-state index in [1.54, 1.807) is 24.3 Å². The highest BCUT2D eigenvalue weighted by Gasteiger charge is 2.35. The van der Waals surface area contributed by atoms with Gasteiger partial charge in [-0.1, -0.05) is 23.7 Å². The maximum absolute atomic E-state index is 12.7. The summed E-state index contributed by atoms with van der Waals surface area (Å²) < 4.78 is 38.2. The van der Waals surface area contributed by atoms with Gasteiger partial charge in [-0.3, -0.25) is 9.69 Å². The van der Waals surface area contributed by atoms with Crippen molar-refractivity contribution < 1.29 is 18.0 Å². The van der Waals surface area contributed by atoms with Crippen molar-refractivity contribution in [3.05, 3.63) is 58.6 Å². The number of halogens is 4. The normalized spacial score (nSPS) is 16.6. The van der Waals surface area contributed by atoms with Crippen LogP contribution in [0.2, 0.25) is 5.02 Å². The van der Waals surface area contributed by atoms with Crippen molar-refractivity contribution in [1.29, 1.82) is 0 Å². The molecule has 2 N–H and O–H groups in total. The lowest BCUT2D eigenvalue weighted by molar-refractivity contribution is -0.145. The van der Waals surface area contributed by atoms with Crippen LogP contribution in [0.3, 0.4) is 0 Å². The molecule has 0 aliphatic carbocycles. The monoisotopic (exact) mass is 413 g/mol. The number of carbonyl (C=O) groups is 1. The Morgan fingerprint density at radius 3 is 2.46 bits per heavy atom. The summed E-state index contributed by atoms with van der Waals surface area (Å²) in [6.07, 6.45) is -2.25. The van der Waals surface area contributed by atoms with Crippen LogP contribution in [0.4, 0.5) is 13.2 Å². The largest absolute Gasteiger partial charge is 0.451 e. The smallest absolute Gasteiger partial charge is 0.350 e. The lowest BCUT2D eigenvalue weighted by Crippen LogP contribution is -2.48. The first-order chi connectivity index (χ1) is 13.4. The van der Waals surface area contributed by atoms with Crippen molar-refractivity contribution in [3.63, 3.8) is 0 Å². The van der Waals surface area contributed by atoms with Gasteiger partial charge in [0.25, 0.3) is 5.91 Å². The van der Waals surface area contributed by atoms with Gasteiger partial charge in [-0.25, -0.2) is 9.97 Å². The molecular formula is C18H19ClF3N5O. The fourth-order valence-electron chi connectivity index (χ4n) is 3.04. The highest BCUT2D eigenvalue weighted by molar-refractivity contribution is 6.33. The summed E-state index contributed by atoms with van der Waals surface area (Å²) in [4.78, 5) is 21.4. The van der Waals surface area contributed by atoms with Gasteiger partial charge < -0.3 is 10.6 Å². The van der Waals surface area contributed by atoms with Crippen LogP contribution in [0, 0.1) is 0 Å². The minimum atomic E-state index is -4.60. The SMILES string of the molecule is O=C(NCC(c1cnc(C(F)(F)F)nc1)N1CCNCC1)c1ccccc1Cl. The lowest BCUT2D eigenvalue weighted by atomic mass is 10.1. The van der Waals surface area contributed by atoms with Crippen molar-refractivity contribution in [1.82, 2.24) is 25.5 Å². The Bertz CT molecular complexity index is 810. The quantitative estimate of drug-likeness (QED) is 0.788. The molecule has 6 nitrogen and oxygen atoms in total. The van der Waals surface area contributed by atoms with E-state index in [0.717, 1.165) is 13.1 Å². The topological polar surface area (TPSA) is 70.2 Å². The summed E-state index contributed by atoms with van der Waals surface area (Å²) in [5.41, 5.74) is 0.848. The van der Waals surface area contributed by atoms with Gasteiger partial charge in [-0.15, -0.1) is 0 Å². The van der Waals surface area contributed by atoms with Gasteiger partial charge in [0, 0.05) is 50.7 Å². The molecular weight excluding hydrogens is 395 g/mol. The van der Waals surface area contributed by atoms with Gasteiger partial charge in [0.15, 0.2) is 0 Å². The number of benzene rings is 1. The Hall–Kier alpha value is -2.23. The third-order valence-electron chi connectivity index (χ3n) is 4.48. The minimum Gasteiger partial charge on any atom is -0.350 e. The third-order valence-corrected chi connectivity index (χ3v) is 4.81. The van der Waals surface area contributed by atoms with Crippen molar-refractivity contribution in [2.45, 2.75) is 12.2 Å². The van der Waals surface area contributed by atoms with Crippen LogP contribution in [0.1, 0.15) is 27.8 Å². The molecule has 28 heavy (non-hydrogen) atoms. The average molecular weight is 414 g/mol. The molecule has 150 valence electrons. The van der Waals surface area contributed by atoms with Crippen LogP contribution in [0.25, 0.3) is 0 Å². The Kier molecular flexibility index (Phi) is 6.48. The third kappa shape index (κ3) is 4.98. The number of hydrogen-bond acceptors (Lipinski definition) is 5. The molecule has 1 aliphatic heterocycles. The first-order valence-electron chi connectivity index (χ1n) is 8.73. The van der Waals surface area contributed by atoms with E-state index in [4.69, 9.17) is 11.6 Å². The van der Waals surface area contributed by atoms with E-state index in [1.807, 2.05) is 0 Å². The number of rotatable bonds is 5. The molecule has 2 heterocycles. The van der Waals surface area contributed by atoms with Crippen LogP contribution in [0.5, 0.6) is 0 Å². The van der Waals surface area contributed by atoms with Gasteiger partial charge in [0.05, 0.1) is 16.6 Å². The fourth-order valence-corrected chi connectivity index (χ4v) is 3.26. The molecule has 1 aromatic carbocycles. The molecule has 0 spiro atoms. The zero-order valence-corrected chi connectivity index (χ0v) is 15.6. The maximum Gasteiger partial charge on any atom is 0.451 e. The van der Waals surface area contributed by atoms with Crippen LogP contribution in [-0.2, 0) is 6.18 Å². The molecule has 10 heteroatoms. The average Bonchev–Trinajstić information content (AvgIpc) is 2.69. The number of piperazine rings is 1. The summed E-state index contributed by atoms with van der Waals surface area (Å²) in [7, 11) is 0. The molecule has 2 aromatic rings. The van der Waals surface area contributed by atoms with Gasteiger partial charge in [-0.05, 0) is 12.1 Å². The summed E-state index contributed by atoms with van der Waals surface area (Å²) in [5, 5.41) is 6.37. The molecule has 1 fully saturated rings. The number of nitrogens with one attached hydrogen (secondary N) is 2. The molecule has 0 saturated carbocycles. The molecule has 1 saturated heterocycles. The van der Waals surface area contributed by atoms with E-state index in [-0.39, 0.29) is 18.5 Å². The van der Waals surface area contributed by atoms with Gasteiger partial charge in [-0.2, -0.15) is 13.2 Å². The van der Waals surface area contributed by atoms with Crippen LogP contribution >= 0.6 is 11.6 Å². The molecule has 1 unspecified atom stereocenters. The van der Waals surface area contributed by atoms with E-state index < -0.39 is 12.0 Å². The van der Waals surface area contributed by atoms with Crippen LogP contribution in [-0.4, -0.2) is 53.5 Å². The Morgan fingerprint density at radius 2 is 1.86 bits per heavy atom. The Morgan fingerprint density at radius 1 is 1.21 bits per heavy atom. The summed E-state index contributed by atoms with van der Waals surface area (Å²) in [5.74, 6) is -1.53. The second-order valence-electron chi connectivity index (χ2n) is 6.33. The van der Waals surface area contributed by atoms with E-state index in [2.05, 4.69) is 25.5 Å². The Balaban J connectivity index is 1.77. The first kappa shape index (κ1) is 20.5. The van der Waals surface area contributed by atoms with E-state index in [0.29, 0.717) is 29.2 Å². The number of alkyl halides is 3. The lowest BCUT2D eigenvalue weighted by Gasteiger charge is -2.35. The summed E-state index contributed by atoms with van der Waals surface area (Å²) >= 11 is 6.05. The summed E-state index contributed by atoms with van der Waals surface area (Å²) in [6.45, 7) is 3.06. The minimum absolute atomic E-state index is 0.193. The number of hydrogen-bond donors (Lipinski definition) is 2. The van der Waals surface area contributed by atoms with Crippen molar-refractivity contribution in [2.75, 3.05) is 32.7 Å². The maximum atomic E-state index is 12.7. The second-order valence-corrected chi connectivity index (χ2v) is 6.74. The number of amides is 1. The van der Waals surface area contributed by atoms with E-state index in [1.165, 1.54) is 12.4 Å². The number of aromatic nitrogens is 2. The summed E-state index contributed by atoms with van der Waals surface area (Å²) in [6, 6.07) is 6.31. The van der Waals surface area contributed by atoms with E-state index in [9.17, 15) is 18.0 Å². The van der Waals surface area contributed by atoms with Crippen molar-refractivity contribution in [2.24, 2.45) is 0 Å². The fraction of sp³-hybridized carbons (Fsp3) is 0.389. The van der Waals surface area contributed by atoms with E-state index >= 15 is 0 Å². The molecule has 1 aliphatic rings. The molecule has 0 bridgehead atoms. The number of carbonyl (C=O) groups excluding carboxylic acids is 1. The molecule has 1 atom stereocenters. The van der Waals surface area contributed by atoms with Gasteiger partial charge in [0.1, 0.15) is 0 Å². The highest BCUT2D eigenvalue weighted by Crippen LogP contribution is 2.27. The molecule has 3 rings (SSSR count). The standard InChI is InChI=1S/C18H19ClF3N5O/c19-14-4-2-1-3-13(14)16(28)24-11-15(27-7-5-23-6-8-27)12-9-25-17(26-10-12)18(20,21)22/h1-4,9-10,15,23H,5-8,11H2,(H,24,28). The van der Waals surface area contributed by atoms with Crippen LogP contribution < -0.4 is 10.6 Å². The zero-order chi connectivity index (χ0) is 20.1. The van der Waals surface area contributed by atoms with Crippen LogP contribution in [0.15, 0.2) is 36.7 Å². The number of nitrogens with zero attached hydrogens (tertiary/aromatic N) is 3. The van der Waals surface area contributed by atoms with Crippen molar-refractivity contribution >= 4 is 17.5 Å². The van der Waals surface area contributed by atoms with Gasteiger partial charge in [0.2, 0.25) is 5.82 Å². The molecule has 1 aromatic heterocycles. The van der Waals surface area contributed by atoms with Gasteiger partial charge >= 0.3 is 6.18 Å². The molecule has 1 amide bonds.